The first-order valence-corrected chi connectivity index (χ1v) is 9.17. The lowest BCUT2D eigenvalue weighted by atomic mass is 10.0. The van der Waals surface area contributed by atoms with E-state index in [2.05, 4.69) is 10.6 Å². The fourth-order valence-electron chi connectivity index (χ4n) is 2.96. The molecule has 0 radical (unpaired) electrons. The third-order valence-electron chi connectivity index (χ3n) is 4.48. The molecule has 0 bridgehead atoms. The summed E-state index contributed by atoms with van der Waals surface area (Å²) >= 11 is 0. The van der Waals surface area contributed by atoms with Crippen LogP contribution in [0.15, 0.2) is 63.8 Å². The van der Waals surface area contributed by atoms with Crippen LogP contribution in [0, 0.1) is 5.92 Å². The highest BCUT2D eigenvalue weighted by atomic mass is 16.5. The van der Waals surface area contributed by atoms with E-state index in [0.29, 0.717) is 22.4 Å². The number of rotatable bonds is 5. The first-order chi connectivity index (χ1) is 13.9. The van der Waals surface area contributed by atoms with E-state index in [-0.39, 0.29) is 5.92 Å². The van der Waals surface area contributed by atoms with Gasteiger partial charge in [-0.05, 0) is 35.7 Å². The van der Waals surface area contributed by atoms with Crippen LogP contribution in [0.2, 0.25) is 0 Å². The van der Waals surface area contributed by atoms with Crippen LogP contribution >= 0.6 is 0 Å². The number of urea groups is 1. The highest BCUT2D eigenvalue weighted by molar-refractivity contribution is 5.93. The van der Waals surface area contributed by atoms with Crippen molar-refractivity contribution in [2.24, 2.45) is 5.92 Å². The van der Waals surface area contributed by atoms with Gasteiger partial charge >= 0.3 is 17.6 Å². The Labute approximate surface area is 167 Å². The number of hydrogen-bond acceptors (Lipinski definition) is 5. The van der Waals surface area contributed by atoms with Crippen LogP contribution in [0.1, 0.15) is 13.8 Å². The molecular weight excluding hydrogens is 372 g/mol. The third-order valence-corrected chi connectivity index (χ3v) is 4.48. The quantitative estimate of drug-likeness (QED) is 0.507. The molecule has 2 N–H and O–H groups in total. The van der Waals surface area contributed by atoms with Crippen LogP contribution in [0.25, 0.3) is 22.1 Å². The number of nitrogens with one attached hydrogen (secondary N) is 2. The van der Waals surface area contributed by atoms with Crippen LogP contribution in [0.3, 0.4) is 0 Å². The maximum Gasteiger partial charge on any atom is 0.344 e. The molecule has 0 spiro atoms. The maximum atomic E-state index is 12.4. The minimum atomic E-state index is -0.768. The third kappa shape index (κ3) is 4.63. The Morgan fingerprint density at radius 3 is 2.52 bits per heavy atom. The molecule has 0 saturated heterocycles. The molecule has 0 aliphatic heterocycles. The fraction of sp³-hybridized carbons (Fsp3) is 0.227. The van der Waals surface area contributed by atoms with Crippen molar-refractivity contribution in [2.75, 3.05) is 12.4 Å². The summed E-state index contributed by atoms with van der Waals surface area (Å²) in [4.78, 5) is 36.5. The Kier molecular flexibility index (Phi) is 5.97. The molecule has 0 unspecified atom stereocenters. The Balaban J connectivity index is 1.83. The SMILES string of the molecule is COC(=O)[C@@H](NC(=O)Nc1cccc(-c2cc3ccccc3oc2=O)c1)C(C)C. The number of methoxy groups -OCH3 is 1. The van der Waals surface area contributed by atoms with Gasteiger partial charge in [-0.15, -0.1) is 0 Å². The number of fused-ring (bicyclic) bond motifs is 1. The lowest BCUT2D eigenvalue weighted by Crippen LogP contribution is -2.46. The van der Waals surface area contributed by atoms with Crippen molar-refractivity contribution in [1.82, 2.24) is 5.32 Å². The standard InChI is InChI=1S/C22H22N2O5/c1-13(2)19(21(26)28-3)24-22(27)23-16-9-6-8-14(11-16)17-12-15-7-4-5-10-18(15)29-20(17)25/h4-13,19H,1-3H3,(H2,23,24,27)/t19-/m0/s1. The number of ether oxygens (including phenoxy) is 1. The second-order valence-electron chi connectivity index (χ2n) is 6.91. The number of esters is 1. The van der Waals surface area contributed by atoms with Crippen LogP contribution in [0.4, 0.5) is 10.5 Å². The van der Waals surface area contributed by atoms with E-state index in [9.17, 15) is 14.4 Å². The van der Waals surface area contributed by atoms with Gasteiger partial charge in [-0.25, -0.2) is 14.4 Å². The van der Waals surface area contributed by atoms with Gasteiger partial charge in [0, 0.05) is 11.1 Å². The lowest BCUT2D eigenvalue weighted by molar-refractivity contribution is -0.143. The molecule has 3 aromatic rings. The van der Waals surface area contributed by atoms with Crippen molar-refractivity contribution >= 4 is 28.7 Å². The van der Waals surface area contributed by atoms with Crippen molar-refractivity contribution < 1.29 is 18.7 Å². The van der Waals surface area contributed by atoms with Crippen LogP contribution in [-0.2, 0) is 9.53 Å². The predicted octanol–water partition coefficient (Wildman–Crippen LogP) is 3.78. The second kappa shape index (κ2) is 8.60. The van der Waals surface area contributed by atoms with E-state index in [1.807, 2.05) is 26.0 Å². The summed E-state index contributed by atoms with van der Waals surface area (Å²) in [5.41, 5.74) is 1.52. The predicted molar refractivity (Wildman–Crippen MR) is 111 cm³/mol. The lowest BCUT2D eigenvalue weighted by Gasteiger charge is -2.20. The molecule has 2 aromatic carbocycles. The molecule has 3 rings (SSSR count). The van der Waals surface area contributed by atoms with Crippen molar-refractivity contribution in [3.05, 3.63) is 65.0 Å². The summed E-state index contributed by atoms with van der Waals surface area (Å²) in [6.07, 6.45) is 0. The number of amides is 2. The summed E-state index contributed by atoms with van der Waals surface area (Å²) in [5, 5.41) is 6.09. The molecule has 0 aliphatic rings. The van der Waals surface area contributed by atoms with Crippen molar-refractivity contribution in [3.8, 4) is 11.1 Å². The number of carbonyl (C=O) groups excluding carboxylic acids is 2. The Morgan fingerprint density at radius 2 is 1.79 bits per heavy atom. The summed E-state index contributed by atoms with van der Waals surface area (Å²) < 4.78 is 10.1. The summed E-state index contributed by atoms with van der Waals surface area (Å²) in [6.45, 7) is 3.61. The highest BCUT2D eigenvalue weighted by Gasteiger charge is 2.24. The second-order valence-corrected chi connectivity index (χ2v) is 6.91. The van der Waals surface area contributed by atoms with Crippen molar-refractivity contribution in [2.45, 2.75) is 19.9 Å². The highest BCUT2D eigenvalue weighted by Crippen LogP contribution is 2.23. The van der Waals surface area contributed by atoms with E-state index in [1.165, 1.54) is 7.11 Å². The topological polar surface area (TPSA) is 97.6 Å². The number of para-hydroxylation sites is 1. The Bertz CT molecular complexity index is 1100. The van der Waals surface area contributed by atoms with Crippen LogP contribution < -0.4 is 16.3 Å². The van der Waals surface area contributed by atoms with E-state index in [1.54, 1.807) is 42.5 Å². The van der Waals surface area contributed by atoms with Gasteiger partial charge in [-0.3, -0.25) is 0 Å². The smallest absolute Gasteiger partial charge is 0.344 e. The molecule has 1 atom stereocenters. The Morgan fingerprint density at radius 1 is 1.03 bits per heavy atom. The molecule has 1 heterocycles. The zero-order valence-electron chi connectivity index (χ0n) is 16.4. The minimum absolute atomic E-state index is 0.137. The molecule has 7 heteroatoms. The average Bonchev–Trinajstić information content (AvgIpc) is 2.71. The zero-order chi connectivity index (χ0) is 21.0. The van der Waals surface area contributed by atoms with E-state index in [4.69, 9.17) is 9.15 Å². The first kappa shape index (κ1) is 20.1. The number of hydrogen-bond donors (Lipinski definition) is 2. The monoisotopic (exact) mass is 394 g/mol. The molecule has 0 fully saturated rings. The normalized spacial score (nSPS) is 11.9. The van der Waals surface area contributed by atoms with Crippen LogP contribution in [-0.4, -0.2) is 25.2 Å². The van der Waals surface area contributed by atoms with E-state index in [0.717, 1.165) is 5.39 Å². The molecule has 1 aromatic heterocycles. The van der Waals surface area contributed by atoms with Gasteiger partial charge in [0.05, 0.1) is 12.7 Å². The fourth-order valence-corrected chi connectivity index (χ4v) is 2.96. The van der Waals surface area contributed by atoms with Gasteiger partial charge in [0.2, 0.25) is 0 Å². The molecule has 29 heavy (non-hydrogen) atoms. The van der Waals surface area contributed by atoms with Gasteiger partial charge in [0.25, 0.3) is 0 Å². The van der Waals surface area contributed by atoms with Crippen LogP contribution in [0.5, 0.6) is 0 Å². The van der Waals surface area contributed by atoms with Crippen molar-refractivity contribution in [3.63, 3.8) is 0 Å². The van der Waals surface area contributed by atoms with Gasteiger partial charge in [-0.1, -0.05) is 44.2 Å². The first-order valence-electron chi connectivity index (χ1n) is 9.17. The van der Waals surface area contributed by atoms with Crippen molar-refractivity contribution in [1.29, 1.82) is 0 Å². The summed E-state index contributed by atoms with van der Waals surface area (Å²) in [5.74, 6) is -0.653. The summed E-state index contributed by atoms with van der Waals surface area (Å²) in [6, 6.07) is 14.5. The van der Waals surface area contributed by atoms with Gasteiger partial charge < -0.3 is 19.8 Å². The average molecular weight is 394 g/mol. The maximum absolute atomic E-state index is 12.4. The molecule has 150 valence electrons. The number of benzene rings is 2. The number of carbonyl (C=O) groups is 2. The molecule has 0 saturated carbocycles. The molecule has 7 nitrogen and oxygen atoms in total. The van der Waals surface area contributed by atoms with E-state index < -0.39 is 23.7 Å². The van der Waals surface area contributed by atoms with Gasteiger partial charge in [0.15, 0.2) is 0 Å². The Hall–Kier alpha value is -3.61. The zero-order valence-corrected chi connectivity index (χ0v) is 16.4. The largest absolute Gasteiger partial charge is 0.467 e. The van der Waals surface area contributed by atoms with Gasteiger partial charge in [0.1, 0.15) is 11.6 Å². The summed E-state index contributed by atoms with van der Waals surface area (Å²) in [7, 11) is 1.27. The van der Waals surface area contributed by atoms with E-state index >= 15 is 0 Å². The van der Waals surface area contributed by atoms with Gasteiger partial charge in [-0.2, -0.15) is 0 Å². The molecular formula is C22H22N2O5. The molecule has 2 amide bonds. The minimum Gasteiger partial charge on any atom is -0.467 e. The molecule has 0 aliphatic carbocycles. The number of anilines is 1.